The minimum atomic E-state index is -0.506. The van der Waals surface area contributed by atoms with Crippen molar-refractivity contribution < 1.29 is 14.3 Å². The molecular formula is C15H29N3O3. The van der Waals surface area contributed by atoms with E-state index in [4.69, 9.17) is 4.74 Å². The number of rotatable bonds is 5. The van der Waals surface area contributed by atoms with E-state index in [1.807, 2.05) is 27.7 Å². The highest BCUT2D eigenvalue weighted by molar-refractivity contribution is 6.35. The molecular weight excluding hydrogens is 270 g/mol. The highest BCUT2D eigenvalue weighted by atomic mass is 16.5. The number of likely N-dealkylation sites (N-methyl/N-ethyl adjacent to an activating group) is 1. The van der Waals surface area contributed by atoms with Crippen LogP contribution in [-0.4, -0.2) is 73.1 Å². The van der Waals surface area contributed by atoms with Crippen LogP contribution in [0.2, 0.25) is 0 Å². The van der Waals surface area contributed by atoms with Gasteiger partial charge in [-0.2, -0.15) is 0 Å². The van der Waals surface area contributed by atoms with Gasteiger partial charge in [-0.3, -0.25) is 14.5 Å². The van der Waals surface area contributed by atoms with Gasteiger partial charge in [0, 0.05) is 31.7 Å². The number of carbonyl (C=O) groups is 2. The Kier molecular flexibility index (Phi) is 7.11. The molecule has 0 radical (unpaired) electrons. The van der Waals surface area contributed by atoms with Gasteiger partial charge in [-0.15, -0.1) is 0 Å². The quantitative estimate of drug-likeness (QED) is 0.592. The molecule has 122 valence electrons. The van der Waals surface area contributed by atoms with Crippen molar-refractivity contribution >= 4 is 11.8 Å². The molecule has 0 aromatic rings. The number of hydrogen-bond acceptors (Lipinski definition) is 4. The average molecular weight is 299 g/mol. The van der Waals surface area contributed by atoms with Crippen molar-refractivity contribution in [2.75, 3.05) is 45.9 Å². The van der Waals surface area contributed by atoms with Crippen LogP contribution >= 0.6 is 0 Å². The Hall–Kier alpha value is -1.14. The van der Waals surface area contributed by atoms with Gasteiger partial charge in [0.2, 0.25) is 0 Å². The van der Waals surface area contributed by atoms with Crippen molar-refractivity contribution in [1.29, 1.82) is 0 Å². The van der Waals surface area contributed by atoms with Gasteiger partial charge in [0.05, 0.1) is 13.2 Å². The van der Waals surface area contributed by atoms with Crippen LogP contribution in [0.5, 0.6) is 0 Å². The van der Waals surface area contributed by atoms with Crippen LogP contribution in [0.3, 0.4) is 0 Å². The van der Waals surface area contributed by atoms with Crippen molar-refractivity contribution in [3.05, 3.63) is 0 Å². The lowest BCUT2D eigenvalue weighted by Gasteiger charge is -2.34. The third-order valence-electron chi connectivity index (χ3n) is 3.61. The molecule has 2 amide bonds. The maximum Gasteiger partial charge on any atom is 0.312 e. The smallest absolute Gasteiger partial charge is 0.312 e. The molecule has 0 saturated carbocycles. The summed E-state index contributed by atoms with van der Waals surface area (Å²) in [6, 6.07) is 0. The number of carbonyl (C=O) groups excluding carboxylic acids is 2. The van der Waals surface area contributed by atoms with E-state index < -0.39 is 11.8 Å². The Bertz CT molecular complexity index is 347. The van der Waals surface area contributed by atoms with Gasteiger partial charge in [-0.25, -0.2) is 0 Å². The zero-order valence-electron chi connectivity index (χ0n) is 13.8. The largest absolute Gasteiger partial charge is 0.379 e. The second-order valence-corrected chi connectivity index (χ2v) is 6.28. The second-order valence-electron chi connectivity index (χ2n) is 6.28. The molecule has 1 rings (SSSR count). The summed E-state index contributed by atoms with van der Waals surface area (Å²) in [7, 11) is 0. The predicted octanol–water partition coefficient (Wildman–Crippen LogP) is 0.472. The first-order valence-electron chi connectivity index (χ1n) is 7.76. The van der Waals surface area contributed by atoms with Crippen molar-refractivity contribution in [3.8, 4) is 0 Å². The number of amides is 2. The van der Waals surface area contributed by atoms with E-state index >= 15 is 0 Å². The highest BCUT2D eigenvalue weighted by Gasteiger charge is 2.29. The summed E-state index contributed by atoms with van der Waals surface area (Å²) < 4.78 is 5.28. The van der Waals surface area contributed by atoms with Crippen molar-refractivity contribution in [2.24, 2.45) is 0 Å². The molecule has 0 spiro atoms. The third-order valence-corrected chi connectivity index (χ3v) is 3.61. The summed E-state index contributed by atoms with van der Waals surface area (Å²) in [5.41, 5.74) is -0.336. The summed E-state index contributed by atoms with van der Waals surface area (Å²) in [4.78, 5) is 27.9. The van der Waals surface area contributed by atoms with Crippen LogP contribution in [0.1, 0.15) is 34.1 Å². The van der Waals surface area contributed by atoms with Gasteiger partial charge in [0.25, 0.3) is 0 Å². The van der Waals surface area contributed by atoms with E-state index in [9.17, 15) is 9.59 Å². The molecule has 0 aliphatic carbocycles. The normalized spacial score (nSPS) is 16.6. The molecule has 0 unspecified atom stereocenters. The number of nitrogens with zero attached hydrogens (tertiary/aromatic N) is 2. The van der Waals surface area contributed by atoms with Gasteiger partial charge in [0.1, 0.15) is 0 Å². The van der Waals surface area contributed by atoms with Crippen LogP contribution < -0.4 is 5.32 Å². The Morgan fingerprint density at radius 1 is 1.24 bits per heavy atom. The van der Waals surface area contributed by atoms with Crippen LogP contribution in [0, 0.1) is 0 Å². The maximum absolute atomic E-state index is 12.1. The molecule has 1 fully saturated rings. The van der Waals surface area contributed by atoms with Gasteiger partial charge in [-0.05, 0) is 40.7 Å². The maximum atomic E-state index is 12.1. The number of nitrogens with one attached hydrogen (secondary N) is 1. The summed E-state index contributed by atoms with van der Waals surface area (Å²) in [6.07, 6.45) is 0.848. The van der Waals surface area contributed by atoms with Gasteiger partial charge >= 0.3 is 11.8 Å². The Morgan fingerprint density at radius 2 is 1.86 bits per heavy atom. The van der Waals surface area contributed by atoms with Crippen molar-refractivity contribution in [2.45, 2.75) is 39.7 Å². The molecule has 0 bridgehead atoms. The minimum absolute atomic E-state index is 0.336. The van der Waals surface area contributed by atoms with Gasteiger partial charge < -0.3 is 15.0 Å². The Labute approximate surface area is 127 Å². The molecule has 0 aromatic heterocycles. The fraction of sp³-hybridized carbons (Fsp3) is 0.867. The molecule has 0 aromatic carbocycles. The molecule has 1 N–H and O–H groups in total. The van der Waals surface area contributed by atoms with Crippen molar-refractivity contribution in [1.82, 2.24) is 15.1 Å². The van der Waals surface area contributed by atoms with E-state index in [2.05, 4.69) is 10.2 Å². The van der Waals surface area contributed by atoms with Crippen molar-refractivity contribution in [3.63, 3.8) is 0 Å². The molecule has 6 nitrogen and oxygen atoms in total. The van der Waals surface area contributed by atoms with E-state index in [1.165, 1.54) is 0 Å². The molecule has 1 saturated heterocycles. The summed E-state index contributed by atoms with van der Waals surface area (Å²) >= 11 is 0. The molecule has 1 aliphatic rings. The highest BCUT2D eigenvalue weighted by Crippen LogP contribution is 2.12. The van der Waals surface area contributed by atoms with Gasteiger partial charge in [0.15, 0.2) is 0 Å². The zero-order valence-corrected chi connectivity index (χ0v) is 13.8. The fourth-order valence-electron chi connectivity index (χ4n) is 2.45. The van der Waals surface area contributed by atoms with Crippen LogP contribution in [-0.2, 0) is 14.3 Å². The summed E-state index contributed by atoms with van der Waals surface area (Å²) in [6.45, 7) is 13.1. The lowest BCUT2D eigenvalue weighted by molar-refractivity contribution is -0.148. The van der Waals surface area contributed by atoms with E-state index in [0.29, 0.717) is 13.1 Å². The molecule has 21 heavy (non-hydrogen) atoms. The minimum Gasteiger partial charge on any atom is -0.379 e. The first-order chi connectivity index (χ1) is 9.86. The Morgan fingerprint density at radius 3 is 2.38 bits per heavy atom. The fourth-order valence-corrected chi connectivity index (χ4v) is 2.45. The standard InChI is InChI=1S/C15H29N3O3/c1-5-18(15(2,3)4)14(20)13(19)16-7-6-8-17-9-11-21-12-10-17/h5-12H2,1-4H3,(H,16,19). The number of hydrogen-bond donors (Lipinski definition) is 1. The third kappa shape index (κ3) is 6.01. The van der Waals surface area contributed by atoms with E-state index in [1.54, 1.807) is 4.90 Å². The lowest BCUT2D eigenvalue weighted by Crippen LogP contribution is -2.51. The number of morpholine rings is 1. The van der Waals surface area contributed by atoms with E-state index in [0.717, 1.165) is 39.3 Å². The first kappa shape index (κ1) is 17.9. The summed E-state index contributed by atoms with van der Waals surface area (Å²) in [5, 5.41) is 2.72. The van der Waals surface area contributed by atoms with E-state index in [-0.39, 0.29) is 5.54 Å². The second kappa shape index (κ2) is 8.34. The predicted molar refractivity (Wildman–Crippen MR) is 82.0 cm³/mol. The van der Waals surface area contributed by atoms with Crippen LogP contribution in [0.15, 0.2) is 0 Å². The Balaban J connectivity index is 2.27. The molecule has 1 aliphatic heterocycles. The monoisotopic (exact) mass is 299 g/mol. The average Bonchev–Trinajstić information content (AvgIpc) is 2.43. The summed E-state index contributed by atoms with van der Waals surface area (Å²) in [5.74, 6) is -0.954. The molecule has 6 heteroatoms. The van der Waals surface area contributed by atoms with Crippen LogP contribution in [0.25, 0.3) is 0 Å². The van der Waals surface area contributed by atoms with Crippen LogP contribution in [0.4, 0.5) is 0 Å². The topological polar surface area (TPSA) is 61.9 Å². The zero-order chi connectivity index (χ0) is 15.9. The van der Waals surface area contributed by atoms with Gasteiger partial charge in [-0.1, -0.05) is 0 Å². The molecule has 0 atom stereocenters. The SMILES string of the molecule is CCN(C(=O)C(=O)NCCCN1CCOCC1)C(C)(C)C. The number of ether oxygens (including phenoxy) is 1. The first-order valence-corrected chi connectivity index (χ1v) is 7.76. The lowest BCUT2D eigenvalue weighted by atomic mass is 10.1. The molecule has 1 heterocycles.